The number of aliphatic hydroxyl groups excluding tert-OH is 1. The van der Waals surface area contributed by atoms with E-state index in [2.05, 4.69) is 17.0 Å². The Morgan fingerprint density at radius 3 is 2.22 bits per heavy atom. The molecule has 2 aromatic rings. The first-order chi connectivity index (χ1) is 15.2. The maximum absolute atomic E-state index is 9.55. The summed E-state index contributed by atoms with van der Waals surface area (Å²) in [5.41, 5.74) is 1.11. The Morgan fingerprint density at radius 1 is 1.03 bits per heavy atom. The summed E-state index contributed by atoms with van der Waals surface area (Å²) in [4.78, 5) is 21.2. The molecule has 0 radical (unpaired) electrons. The summed E-state index contributed by atoms with van der Waals surface area (Å²) in [6, 6.07) is 15.3. The van der Waals surface area contributed by atoms with Gasteiger partial charge in [0, 0.05) is 29.8 Å². The summed E-state index contributed by atoms with van der Waals surface area (Å²) in [6.45, 7) is 1.75. The summed E-state index contributed by atoms with van der Waals surface area (Å²) in [5, 5.41) is 25.8. The number of hydrogen-bond acceptors (Lipinski definition) is 5. The first kappa shape index (κ1) is 27.5. The lowest BCUT2D eigenvalue weighted by Crippen LogP contribution is -2.24. The second kappa shape index (κ2) is 15.3. The van der Waals surface area contributed by atoms with Crippen LogP contribution in [0.4, 0.5) is 0 Å². The van der Waals surface area contributed by atoms with Crippen LogP contribution in [0.1, 0.15) is 24.5 Å². The van der Waals surface area contributed by atoms with Crippen molar-refractivity contribution in [1.82, 2.24) is 4.90 Å². The van der Waals surface area contributed by atoms with Crippen molar-refractivity contribution in [3.05, 3.63) is 76.3 Å². The number of nitrogens with zero attached hydrogens (tertiary/aromatic N) is 1. The molecule has 2 aromatic carbocycles. The molecule has 0 bridgehead atoms. The van der Waals surface area contributed by atoms with Gasteiger partial charge >= 0.3 is 11.9 Å². The van der Waals surface area contributed by atoms with Crippen LogP contribution in [0.5, 0.6) is 5.75 Å². The fourth-order valence-corrected chi connectivity index (χ4v) is 2.98. The molecule has 32 heavy (non-hydrogen) atoms. The van der Waals surface area contributed by atoms with E-state index in [1.807, 2.05) is 25.2 Å². The van der Waals surface area contributed by atoms with E-state index < -0.39 is 11.9 Å². The van der Waals surface area contributed by atoms with E-state index in [1.165, 1.54) is 0 Å². The van der Waals surface area contributed by atoms with Crippen molar-refractivity contribution in [3.8, 4) is 5.75 Å². The first-order valence-electron chi connectivity index (χ1n) is 9.83. The van der Waals surface area contributed by atoms with Gasteiger partial charge in [-0.3, -0.25) is 0 Å². The summed E-state index contributed by atoms with van der Waals surface area (Å²) in [5.74, 6) is -1.92. The largest absolute Gasteiger partial charge is 0.484 e. The van der Waals surface area contributed by atoms with Crippen molar-refractivity contribution < 1.29 is 29.6 Å². The SMILES string of the molecule is CN(CCO)CCCC(Oc1cc(Cl)ccc1Cl)c1ccccc1.O=C(O)C=CC(=O)O. The molecule has 1 unspecified atom stereocenters. The average molecular weight is 484 g/mol. The van der Waals surface area contributed by atoms with Crippen molar-refractivity contribution in [2.45, 2.75) is 18.9 Å². The number of aliphatic hydroxyl groups is 1. The molecule has 9 heteroatoms. The van der Waals surface area contributed by atoms with E-state index >= 15 is 0 Å². The number of aliphatic carboxylic acids is 2. The second-order valence-corrected chi connectivity index (χ2v) is 7.61. The van der Waals surface area contributed by atoms with E-state index in [1.54, 1.807) is 18.2 Å². The Balaban J connectivity index is 0.000000547. The van der Waals surface area contributed by atoms with Crippen LogP contribution in [-0.2, 0) is 9.59 Å². The zero-order valence-electron chi connectivity index (χ0n) is 17.7. The number of ether oxygens (including phenoxy) is 1. The number of carboxylic acids is 2. The highest BCUT2D eigenvalue weighted by molar-refractivity contribution is 6.34. The monoisotopic (exact) mass is 483 g/mol. The van der Waals surface area contributed by atoms with E-state index in [4.69, 9.17) is 43.3 Å². The molecule has 0 amide bonds. The Bertz CT molecular complexity index is 860. The molecule has 0 aliphatic carbocycles. The van der Waals surface area contributed by atoms with Crippen molar-refractivity contribution in [1.29, 1.82) is 0 Å². The van der Waals surface area contributed by atoms with Crippen LogP contribution in [-0.4, -0.2) is 58.9 Å². The molecule has 0 heterocycles. The van der Waals surface area contributed by atoms with Crippen LogP contribution in [0.15, 0.2) is 60.7 Å². The highest BCUT2D eigenvalue weighted by Gasteiger charge is 2.15. The molecule has 0 aliphatic heterocycles. The summed E-state index contributed by atoms with van der Waals surface area (Å²) < 4.78 is 6.17. The third-order valence-corrected chi connectivity index (χ3v) is 4.74. The average Bonchev–Trinajstić information content (AvgIpc) is 2.75. The lowest BCUT2D eigenvalue weighted by molar-refractivity contribution is -0.134. The third-order valence-electron chi connectivity index (χ3n) is 4.19. The van der Waals surface area contributed by atoms with Gasteiger partial charge in [-0.25, -0.2) is 9.59 Å². The number of halogens is 2. The lowest BCUT2D eigenvalue weighted by atomic mass is 10.0. The van der Waals surface area contributed by atoms with Crippen LogP contribution in [0.3, 0.4) is 0 Å². The number of carboxylic acid groups (broad SMARTS) is 2. The molecule has 0 saturated heterocycles. The number of likely N-dealkylation sites (N-methyl/N-ethyl adjacent to an activating group) is 1. The van der Waals surface area contributed by atoms with Gasteiger partial charge in [-0.05, 0) is 44.1 Å². The molecule has 1 atom stereocenters. The molecule has 7 nitrogen and oxygen atoms in total. The lowest BCUT2D eigenvalue weighted by Gasteiger charge is -2.22. The Hall–Kier alpha value is -2.58. The maximum Gasteiger partial charge on any atom is 0.328 e. The van der Waals surface area contributed by atoms with Crippen molar-refractivity contribution in [2.24, 2.45) is 0 Å². The van der Waals surface area contributed by atoms with Crippen molar-refractivity contribution >= 4 is 35.1 Å². The zero-order chi connectivity index (χ0) is 23.9. The van der Waals surface area contributed by atoms with Gasteiger partial charge < -0.3 is 25.0 Å². The first-order valence-corrected chi connectivity index (χ1v) is 10.6. The summed E-state index contributed by atoms with van der Waals surface area (Å²) in [7, 11) is 2.00. The third kappa shape index (κ3) is 11.7. The van der Waals surface area contributed by atoms with Gasteiger partial charge in [0.05, 0.1) is 11.6 Å². The summed E-state index contributed by atoms with van der Waals surface area (Å²) in [6.07, 6.45) is 2.83. The number of hydrogen-bond donors (Lipinski definition) is 3. The van der Waals surface area contributed by atoms with Gasteiger partial charge in [0.2, 0.25) is 0 Å². The molecule has 0 aliphatic rings. The van der Waals surface area contributed by atoms with E-state index in [9.17, 15) is 9.59 Å². The minimum atomic E-state index is -1.26. The molecule has 2 rings (SSSR count). The fraction of sp³-hybridized carbons (Fsp3) is 0.304. The number of carbonyl (C=O) groups is 2. The van der Waals surface area contributed by atoms with Crippen molar-refractivity contribution in [2.75, 3.05) is 26.7 Å². The predicted molar refractivity (Wildman–Crippen MR) is 125 cm³/mol. The molecule has 0 fully saturated rings. The quantitative estimate of drug-likeness (QED) is 0.403. The molecule has 0 spiro atoms. The molecule has 174 valence electrons. The Labute approximate surface area is 197 Å². The number of benzene rings is 2. The highest BCUT2D eigenvalue weighted by atomic mass is 35.5. The predicted octanol–water partition coefficient (Wildman–Crippen LogP) is 4.53. The van der Waals surface area contributed by atoms with E-state index in [0.29, 0.717) is 34.5 Å². The van der Waals surface area contributed by atoms with Crippen LogP contribution in [0.25, 0.3) is 0 Å². The normalized spacial score (nSPS) is 11.7. The minimum Gasteiger partial charge on any atom is -0.484 e. The summed E-state index contributed by atoms with van der Waals surface area (Å²) >= 11 is 12.3. The zero-order valence-corrected chi connectivity index (χ0v) is 19.2. The molecule has 0 saturated carbocycles. The maximum atomic E-state index is 9.55. The number of rotatable bonds is 11. The van der Waals surface area contributed by atoms with Crippen LogP contribution in [0.2, 0.25) is 10.0 Å². The second-order valence-electron chi connectivity index (χ2n) is 6.77. The standard InChI is InChI=1S/C19H23Cl2NO2.C4H4O4/c1-22(12-13-23)11-5-8-18(15-6-3-2-4-7-15)24-19-14-16(20)9-10-17(19)21;5-3(6)1-2-4(7)8/h2-4,6-7,9-10,14,18,23H,5,8,11-13H2,1H3;1-2H,(H,5,6)(H,7,8). The van der Waals surface area contributed by atoms with Gasteiger partial charge in [-0.1, -0.05) is 53.5 Å². The van der Waals surface area contributed by atoms with Crippen LogP contribution < -0.4 is 4.74 Å². The molecular formula is C23H27Cl2NO6. The molecule has 3 N–H and O–H groups in total. The van der Waals surface area contributed by atoms with Gasteiger partial charge in [-0.2, -0.15) is 0 Å². The van der Waals surface area contributed by atoms with Gasteiger partial charge in [0.1, 0.15) is 11.9 Å². The molecular weight excluding hydrogens is 457 g/mol. The van der Waals surface area contributed by atoms with Gasteiger partial charge in [0.25, 0.3) is 0 Å². The Kier molecular flexibility index (Phi) is 13.1. The minimum absolute atomic E-state index is 0.0929. The van der Waals surface area contributed by atoms with E-state index in [0.717, 1.165) is 24.9 Å². The fourth-order valence-electron chi connectivity index (χ4n) is 2.65. The van der Waals surface area contributed by atoms with Gasteiger partial charge in [-0.15, -0.1) is 0 Å². The van der Waals surface area contributed by atoms with Crippen LogP contribution in [0, 0.1) is 0 Å². The Morgan fingerprint density at radius 2 is 1.66 bits per heavy atom. The highest BCUT2D eigenvalue weighted by Crippen LogP contribution is 2.33. The van der Waals surface area contributed by atoms with Crippen LogP contribution >= 0.6 is 23.2 Å². The topological polar surface area (TPSA) is 107 Å². The van der Waals surface area contributed by atoms with Gasteiger partial charge in [0.15, 0.2) is 0 Å². The van der Waals surface area contributed by atoms with E-state index in [-0.39, 0.29) is 12.7 Å². The van der Waals surface area contributed by atoms with Crippen molar-refractivity contribution in [3.63, 3.8) is 0 Å². The molecule has 0 aromatic heterocycles. The smallest absolute Gasteiger partial charge is 0.328 e.